The summed E-state index contributed by atoms with van der Waals surface area (Å²) in [6.07, 6.45) is 2.23. The second-order valence-corrected chi connectivity index (χ2v) is 4.41. The molecule has 1 heteroatoms. The minimum absolute atomic E-state index is 0.796. The van der Waals surface area contributed by atoms with Crippen molar-refractivity contribution in [1.29, 1.82) is 0 Å². The van der Waals surface area contributed by atoms with Crippen LogP contribution in [0.1, 0.15) is 23.1 Å². The molecule has 1 nitrogen and oxygen atoms in total. The summed E-state index contributed by atoms with van der Waals surface area (Å²) in [5, 5.41) is 0. The van der Waals surface area contributed by atoms with E-state index in [0.717, 1.165) is 19.4 Å². The molecule has 0 heterocycles. The molecule has 0 unspecified atom stereocenters. The second kappa shape index (κ2) is 4.54. The zero-order valence-corrected chi connectivity index (χ0v) is 9.76. The third kappa shape index (κ3) is 2.14. The summed E-state index contributed by atoms with van der Waals surface area (Å²) in [7, 11) is 0. The summed E-state index contributed by atoms with van der Waals surface area (Å²) in [4.78, 5) is 4.75. The van der Waals surface area contributed by atoms with E-state index in [1.54, 1.807) is 0 Å². The fraction of sp³-hybridized carbons (Fsp3) is 0.188. The largest absolute Gasteiger partial charge is 0.284 e. The monoisotopic (exact) mass is 221 g/mol. The van der Waals surface area contributed by atoms with E-state index in [0.29, 0.717) is 0 Å². The standard InChI is InChI=1S/C16H15N/c1-2-6-13(7-3-1)12-17-16-11-10-14-8-4-5-9-15(14)16/h1-9H,10-12H2. The number of aliphatic imine (C=N–C) groups is 1. The Morgan fingerprint density at radius 3 is 2.47 bits per heavy atom. The van der Waals surface area contributed by atoms with Gasteiger partial charge in [-0.1, -0.05) is 54.6 Å². The molecule has 2 aromatic rings. The molecule has 1 aliphatic rings. The molecular formula is C16H15N. The van der Waals surface area contributed by atoms with Crippen LogP contribution in [0.2, 0.25) is 0 Å². The highest BCUT2D eigenvalue weighted by Gasteiger charge is 2.15. The maximum absolute atomic E-state index is 4.75. The van der Waals surface area contributed by atoms with Gasteiger partial charge in [-0.25, -0.2) is 0 Å². The van der Waals surface area contributed by atoms with Gasteiger partial charge in [0.1, 0.15) is 0 Å². The van der Waals surface area contributed by atoms with Gasteiger partial charge in [0.15, 0.2) is 0 Å². The number of benzene rings is 2. The van der Waals surface area contributed by atoms with Gasteiger partial charge in [0, 0.05) is 5.71 Å². The molecule has 0 saturated heterocycles. The highest BCUT2D eigenvalue weighted by atomic mass is 14.7. The van der Waals surface area contributed by atoms with Crippen molar-refractivity contribution >= 4 is 5.71 Å². The van der Waals surface area contributed by atoms with Gasteiger partial charge in [0.25, 0.3) is 0 Å². The van der Waals surface area contributed by atoms with Gasteiger partial charge in [-0.3, -0.25) is 4.99 Å². The SMILES string of the molecule is c1ccc(CN=C2CCc3ccccc32)cc1. The van der Waals surface area contributed by atoms with Crippen LogP contribution in [-0.2, 0) is 13.0 Å². The first-order valence-electron chi connectivity index (χ1n) is 6.09. The Morgan fingerprint density at radius 1 is 0.824 bits per heavy atom. The average Bonchev–Trinajstić information content (AvgIpc) is 2.81. The summed E-state index contributed by atoms with van der Waals surface area (Å²) in [6.45, 7) is 0.796. The second-order valence-electron chi connectivity index (χ2n) is 4.41. The van der Waals surface area contributed by atoms with E-state index in [1.165, 1.54) is 22.4 Å². The maximum atomic E-state index is 4.75. The van der Waals surface area contributed by atoms with Crippen molar-refractivity contribution in [3.8, 4) is 0 Å². The lowest BCUT2D eigenvalue weighted by atomic mass is 10.1. The van der Waals surface area contributed by atoms with Crippen molar-refractivity contribution in [2.45, 2.75) is 19.4 Å². The van der Waals surface area contributed by atoms with Crippen LogP contribution in [0.5, 0.6) is 0 Å². The lowest BCUT2D eigenvalue weighted by Crippen LogP contribution is -1.95. The molecule has 0 fully saturated rings. The van der Waals surface area contributed by atoms with E-state index >= 15 is 0 Å². The van der Waals surface area contributed by atoms with E-state index in [9.17, 15) is 0 Å². The van der Waals surface area contributed by atoms with Crippen molar-refractivity contribution in [3.05, 3.63) is 71.3 Å². The van der Waals surface area contributed by atoms with Crippen LogP contribution >= 0.6 is 0 Å². The predicted molar refractivity (Wildman–Crippen MR) is 71.4 cm³/mol. The number of hydrogen-bond donors (Lipinski definition) is 0. The summed E-state index contributed by atoms with van der Waals surface area (Å²) >= 11 is 0. The molecule has 84 valence electrons. The normalized spacial score (nSPS) is 16.1. The maximum Gasteiger partial charge on any atom is 0.0643 e. The number of hydrogen-bond acceptors (Lipinski definition) is 1. The highest BCUT2D eigenvalue weighted by Crippen LogP contribution is 2.22. The number of fused-ring (bicyclic) bond motifs is 1. The van der Waals surface area contributed by atoms with Gasteiger partial charge in [0.05, 0.1) is 6.54 Å². The van der Waals surface area contributed by atoms with E-state index < -0.39 is 0 Å². The van der Waals surface area contributed by atoms with Crippen molar-refractivity contribution in [1.82, 2.24) is 0 Å². The van der Waals surface area contributed by atoms with Crippen LogP contribution in [0, 0.1) is 0 Å². The van der Waals surface area contributed by atoms with Crippen LogP contribution in [0.3, 0.4) is 0 Å². The molecular weight excluding hydrogens is 206 g/mol. The number of nitrogens with zero attached hydrogens (tertiary/aromatic N) is 1. The van der Waals surface area contributed by atoms with Gasteiger partial charge in [-0.15, -0.1) is 0 Å². The molecule has 0 amide bonds. The molecule has 0 spiro atoms. The molecule has 0 bridgehead atoms. The summed E-state index contributed by atoms with van der Waals surface area (Å²) in [6, 6.07) is 19.0. The Morgan fingerprint density at radius 2 is 1.59 bits per heavy atom. The van der Waals surface area contributed by atoms with E-state index in [1.807, 2.05) is 6.07 Å². The smallest absolute Gasteiger partial charge is 0.0643 e. The third-order valence-electron chi connectivity index (χ3n) is 3.25. The van der Waals surface area contributed by atoms with Gasteiger partial charge < -0.3 is 0 Å². The molecule has 0 N–H and O–H groups in total. The van der Waals surface area contributed by atoms with Gasteiger partial charge >= 0.3 is 0 Å². The topological polar surface area (TPSA) is 12.4 Å². The quantitative estimate of drug-likeness (QED) is 0.734. The Bertz CT molecular complexity index is 540. The van der Waals surface area contributed by atoms with Crippen LogP contribution in [0.15, 0.2) is 59.6 Å². The Balaban J connectivity index is 1.83. The summed E-state index contributed by atoms with van der Waals surface area (Å²) in [5.74, 6) is 0. The zero-order chi connectivity index (χ0) is 11.5. The van der Waals surface area contributed by atoms with Crippen molar-refractivity contribution in [2.75, 3.05) is 0 Å². The molecule has 0 radical (unpaired) electrons. The van der Waals surface area contributed by atoms with Crippen LogP contribution in [-0.4, -0.2) is 5.71 Å². The molecule has 1 aliphatic carbocycles. The zero-order valence-electron chi connectivity index (χ0n) is 9.76. The fourth-order valence-corrected chi connectivity index (χ4v) is 2.34. The molecule has 3 rings (SSSR count). The summed E-state index contributed by atoms with van der Waals surface area (Å²) < 4.78 is 0. The molecule has 0 aromatic heterocycles. The van der Waals surface area contributed by atoms with Crippen molar-refractivity contribution < 1.29 is 0 Å². The number of rotatable bonds is 2. The third-order valence-corrected chi connectivity index (χ3v) is 3.25. The Kier molecular flexibility index (Phi) is 2.74. The Hall–Kier alpha value is -1.89. The Labute approximate surface area is 102 Å². The predicted octanol–water partition coefficient (Wildman–Crippen LogP) is 3.62. The van der Waals surface area contributed by atoms with Gasteiger partial charge in [-0.2, -0.15) is 0 Å². The minimum Gasteiger partial charge on any atom is -0.284 e. The summed E-state index contributed by atoms with van der Waals surface area (Å²) in [5.41, 5.74) is 5.34. The van der Waals surface area contributed by atoms with Crippen LogP contribution in [0.4, 0.5) is 0 Å². The highest BCUT2D eigenvalue weighted by molar-refractivity contribution is 6.04. The minimum atomic E-state index is 0.796. The van der Waals surface area contributed by atoms with Crippen molar-refractivity contribution in [2.24, 2.45) is 4.99 Å². The van der Waals surface area contributed by atoms with Gasteiger partial charge in [-0.05, 0) is 29.5 Å². The first-order chi connectivity index (χ1) is 8.43. The van der Waals surface area contributed by atoms with Crippen LogP contribution in [0.25, 0.3) is 0 Å². The number of aryl methyl sites for hydroxylation is 1. The van der Waals surface area contributed by atoms with E-state index in [4.69, 9.17) is 4.99 Å². The van der Waals surface area contributed by atoms with Crippen LogP contribution < -0.4 is 0 Å². The lowest BCUT2D eigenvalue weighted by molar-refractivity contribution is 1.03. The fourth-order valence-electron chi connectivity index (χ4n) is 2.34. The van der Waals surface area contributed by atoms with E-state index in [-0.39, 0.29) is 0 Å². The molecule has 0 atom stereocenters. The molecule has 17 heavy (non-hydrogen) atoms. The lowest BCUT2D eigenvalue weighted by Gasteiger charge is -2.00. The molecule has 2 aromatic carbocycles. The molecule has 0 saturated carbocycles. The van der Waals surface area contributed by atoms with Crippen molar-refractivity contribution in [3.63, 3.8) is 0 Å². The van der Waals surface area contributed by atoms with E-state index in [2.05, 4.69) is 48.5 Å². The first-order valence-corrected chi connectivity index (χ1v) is 6.09. The van der Waals surface area contributed by atoms with Gasteiger partial charge in [0.2, 0.25) is 0 Å². The molecule has 0 aliphatic heterocycles. The average molecular weight is 221 g/mol. The first kappa shape index (κ1) is 10.3.